The number of carbonyl (C=O) groups is 1. The Morgan fingerprint density at radius 1 is 1.57 bits per heavy atom. The fourth-order valence-corrected chi connectivity index (χ4v) is 1.66. The molecule has 0 radical (unpaired) electrons. The second-order valence-electron chi connectivity index (χ2n) is 3.62. The first-order chi connectivity index (χ1) is 6.74. The molecule has 1 N–H and O–H groups in total. The van der Waals surface area contributed by atoms with Crippen molar-refractivity contribution < 1.29 is 9.53 Å². The molecule has 3 nitrogen and oxygen atoms in total. The van der Waals surface area contributed by atoms with Crippen LogP contribution >= 0.6 is 15.9 Å². The number of hydrogen-bond donors (Lipinski definition) is 1. The van der Waals surface area contributed by atoms with E-state index in [0.717, 1.165) is 38.9 Å². The van der Waals surface area contributed by atoms with Crippen LogP contribution in [0, 0.1) is 0 Å². The van der Waals surface area contributed by atoms with Crippen LogP contribution in [-0.2, 0) is 9.53 Å². The summed E-state index contributed by atoms with van der Waals surface area (Å²) in [4.78, 5) is 11.5. The highest BCUT2D eigenvalue weighted by atomic mass is 79.9. The summed E-state index contributed by atoms with van der Waals surface area (Å²) in [5.41, 5.74) is 0. The van der Waals surface area contributed by atoms with E-state index in [1.807, 2.05) is 6.92 Å². The first-order valence-electron chi connectivity index (χ1n) is 5.26. The molecule has 0 aliphatic carbocycles. The van der Waals surface area contributed by atoms with Crippen LogP contribution < -0.4 is 5.32 Å². The Morgan fingerprint density at radius 2 is 2.36 bits per heavy atom. The molecule has 0 saturated carbocycles. The topological polar surface area (TPSA) is 38.3 Å². The van der Waals surface area contributed by atoms with Crippen molar-refractivity contribution in [2.24, 2.45) is 0 Å². The lowest BCUT2D eigenvalue weighted by Crippen LogP contribution is -2.39. The smallest absolute Gasteiger partial charge is 0.233 e. The first-order valence-corrected chi connectivity index (χ1v) is 6.17. The van der Waals surface area contributed by atoms with E-state index in [4.69, 9.17) is 4.74 Å². The van der Waals surface area contributed by atoms with Gasteiger partial charge in [-0.15, -0.1) is 0 Å². The molecule has 0 aromatic carbocycles. The number of amides is 1. The van der Waals surface area contributed by atoms with Gasteiger partial charge in [0.25, 0.3) is 0 Å². The lowest BCUT2D eigenvalue weighted by molar-refractivity contribution is -0.121. The Balaban J connectivity index is 2.30. The largest absolute Gasteiger partial charge is 0.381 e. The number of halogens is 1. The normalized spacial score (nSPS) is 25.1. The standard InChI is InChI=1S/C10H18BrNO2/c1-2-9(11)10(13)12-8-4-3-6-14-7-5-8/h8-9H,2-7H2,1H3,(H,12,13). The molecule has 0 aromatic rings. The van der Waals surface area contributed by atoms with Crippen molar-refractivity contribution in [1.29, 1.82) is 0 Å². The molecular weight excluding hydrogens is 246 g/mol. The molecule has 1 heterocycles. The summed E-state index contributed by atoms with van der Waals surface area (Å²) in [6.45, 7) is 3.59. The third-order valence-electron chi connectivity index (χ3n) is 2.44. The molecule has 14 heavy (non-hydrogen) atoms. The molecule has 1 aliphatic rings. The predicted molar refractivity (Wildman–Crippen MR) is 59.6 cm³/mol. The second kappa shape index (κ2) is 6.40. The maximum Gasteiger partial charge on any atom is 0.233 e. The van der Waals surface area contributed by atoms with E-state index in [0.29, 0.717) is 6.04 Å². The van der Waals surface area contributed by atoms with E-state index < -0.39 is 0 Å². The summed E-state index contributed by atoms with van der Waals surface area (Å²) >= 11 is 3.35. The second-order valence-corrected chi connectivity index (χ2v) is 4.73. The molecule has 2 atom stereocenters. The summed E-state index contributed by atoms with van der Waals surface area (Å²) in [5, 5.41) is 3.04. The van der Waals surface area contributed by atoms with Gasteiger partial charge in [-0.05, 0) is 25.7 Å². The molecule has 2 unspecified atom stereocenters. The van der Waals surface area contributed by atoms with E-state index >= 15 is 0 Å². The van der Waals surface area contributed by atoms with Crippen molar-refractivity contribution in [1.82, 2.24) is 5.32 Å². The minimum atomic E-state index is -0.0494. The Bertz CT molecular complexity index is 179. The predicted octanol–water partition coefficient (Wildman–Crippen LogP) is 1.85. The third-order valence-corrected chi connectivity index (χ3v) is 3.50. The fraction of sp³-hybridized carbons (Fsp3) is 0.900. The number of carbonyl (C=O) groups excluding carboxylic acids is 1. The highest BCUT2D eigenvalue weighted by Crippen LogP contribution is 2.10. The van der Waals surface area contributed by atoms with Crippen LogP contribution in [0.2, 0.25) is 0 Å². The molecule has 1 saturated heterocycles. The van der Waals surface area contributed by atoms with Crippen molar-refractivity contribution in [3.05, 3.63) is 0 Å². The maximum absolute atomic E-state index is 11.6. The first kappa shape index (κ1) is 12.0. The summed E-state index contributed by atoms with van der Waals surface area (Å²) in [7, 11) is 0. The molecular formula is C10H18BrNO2. The van der Waals surface area contributed by atoms with E-state index in [-0.39, 0.29) is 10.7 Å². The van der Waals surface area contributed by atoms with Gasteiger partial charge in [0.15, 0.2) is 0 Å². The van der Waals surface area contributed by atoms with Crippen LogP contribution in [0.3, 0.4) is 0 Å². The van der Waals surface area contributed by atoms with Crippen molar-refractivity contribution in [2.75, 3.05) is 13.2 Å². The van der Waals surface area contributed by atoms with Crippen molar-refractivity contribution in [3.63, 3.8) is 0 Å². The van der Waals surface area contributed by atoms with Gasteiger partial charge in [-0.3, -0.25) is 4.79 Å². The van der Waals surface area contributed by atoms with Gasteiger partial charge < -0.3 is 10.1 Å². The van der Waals surface area contributed by atoms with Gasteiger partial charge in [0.2, 0.25) is 5.91 Å². The van der Waals surface area contributed by atoms with Crippen LogP contribution in [0.5, 0.6) is 0 Å². The summed E-state index contributed by atoms with van der Waals surface area (Å²) in [6, 6.07) is 0.302. The summed E-state index contributed by atoms with van der Waals surface area (Å²) in [5.74, 6) is 0.111. The number of nitrogens with one attached hydrogen (secondary N) is 1. The van der Waals surface area contributed by atoms with E-state index in [1.165, 1.54) is 0 Å². The van der Waals surface area contributed by atoms with Gasteiger partial charge in [0.1, 0.15) is 0 Å². The zero-order valence-electron chi connectivity index (χ0n) is 8.59. The zero-order chi connectivity index (χ0) is 10.4. The van der Waals surface area contributed by atoms with Crippen LogP contribution in [0.1, 0.15) is 32.6 Å². The third kappa shape index (κ3) is 3.96. The van der Waals surface area contributed by atoms with Gasteiger partial charge >= 0.3 is 0 Å². The Labute approximate surface area is 93.7 Å². The molecule has 0 spiro atoms. The number of alkyl halides is 1. The van der Waals surface area contributed by atoms with Crippen molar-refractivity contribution in [3.8, 4) is 0 Å². The maximum atomic E-state index is 11.6. The lowest BCUT2D eigenvalue weighted by atomic mass is 10.1. The van der Waals surface area contributed by atoms with Gasteiger partial charge in [0.05, 0.1) is 4.83 Å². The minimum absolute atomic E-state index is 0.0494. The lowest BCUT2D eigenvalue weighted by Gasteiger charge is -2.17. The summed E-state index contributed by atoms with van der Waals surface area (Å²) < 4.78 is 5.33. The quantitative estimate of drug-likeness (QED) is 0.790. The molecule has 1 rings (SSSR count). The van der Waals surface area contributed by atoms with Crippen LogP contribution in [-0.4, -0.2) is 30.0 Å². The number of ether oxygens (including phenoxy) is 1. The van der Waals surface area contributed by atoms with E-state index in [1.54, 1.807) is 0 Å². The van der Waals surface area contributed by atoms with Crippen molar-refractivity contribution in [2.45, 2.75) is 43.5 Å². The zero-order valence-corrected chi connectivity index (χ0v) is 10.2. The van der Waals surface area contributed by atoms with Crippen LogP contribution in [0.4, 0.5) is 0 Å². The van der Waals surface area contributed by atoms with Crippen molar-refractivity contribution >= 4 is 21.8 Å². The van der Waals surface area contributed by atoms with E-state index in [2.05, 4.69) is 21.2 Å². The fourth-order valence-electron chi connectivity index (χ4n) is 1.53. The van der Waals surface area contributed by atoms with Gasteiger partial charge in [-0.25, -0.2) is 0 Å². The van der Waals surface area contributed by atoms with Crippen LogP contribution in [0.25, 0.3) is 0 Å². The Morgan fingerprint density at radius 3 is 3.07 bits per heavy atom. The van der Waals surface area contributed by atoms with Crippen LogP contribution in [0.15, 0.2) is 0 Å². The Kier molecular flexibility index (Phi) is 5.48. The average Bonchev–Trinajstić information content (AvgIpc) is 2.45. The highest BCUT2D eigenvalue weighted by molar-refractivity contribution is 9.10. The van der Waals surface area contributed by atoms with E-state index in [9.17, 15) is 4.79 Å². The molecule has 0 bridgehead atoms. The number of hydrogen-bond acceptors (Lipinski definition) is 2. The molecule has 0 aromatic heterocycles. The van der Waals surface area contributed by atoms with Gasteiger partial charge in [-0.1, -0.05) is 22.9 Å². The average molecular weight is 264 g/mol. The molecule has 1 fully saturated rings. The van der Waals surface area contributed by atoms with Gasteiger partial charge in [0, 0.05) is 19.3 Å². The number of rotatable bonds is 3. The van der Waals surface area contributed by atoms with Gasteiger partial charge in [-0.2, -0.15) is 0 Å². The molecule has 82 valence electrons. The molecule has 1 aliphatic heterocycles. The molecule has 4 heteroatoms. The minimum Gasteiger partial charge on any atom is -0.381 e. The monoisotopic (exact) mass is 263 g/mol. The molecule has 1 amide bonds. The highest BCUT2D eigenvalue weighted by Gasteiger charge is 2.18. The Hall–Kier alpha value is -0.0900. The summed E-state index contributed by atoms with van der Waals surface area (Å²) in [6.07, 6.45) is 3.85. The SMILES string of the molecule is CCC(Br)C(=O)NC1CCCOCC1.